The van der Waals surface area contributed by atoms with Crippen molar-refractivity contribution in [3.05, 3.63) is 24.3 Å². The highest BCUT2D eigenvalue weighted by molar-refractivity contribution is 7.85. The molecule has 0 saturated carbocycles. The molecule has 4 nitrogen and oxygen atoms in total. The highest BCUT2D eigenvalue weighted by Crippen LogP contribution is 2.07. The van der Waals surface area contributed by atoms with Crippen LogP contribution in [0.3, 0.4) is 0 Å². The SMILES string of the molecule is CCCCCC=CCC=CCCCCCCCCO.CS(=O)(=O)O. The van der Waals surface area contributed by atoms with Crippen LogP contribution in [0, 0.1) is 0 Å². The highest BCUT2D eigenvalue weighted by atomic mass is 32.2. The van der Waals surface area contributed by atoms with Crippen LogP contribution in [0.5, 0.6) is 0 Å². The van der Waals surface area contributed by atoms with Gasteiger partial charge < -0.3 is 5.11 Å². The minimum Gasteiger partial charge on any atom is -0.396 e. The predicted octanol–water partition coefficient (Wildman–Crippen LogP) is 5.30. The van der Waals surface area contributed by atoms with Crippen molar-refractivity contribution in [3.63, 3.8) is 0 Å². The largest absolute Gasteiger partial charge is 0.396 e. The van der Waals surface area contributed by atoms with Crippen molar-refractivity contribution in [2.24, 2.45) is 0 Å². The first-order chi connectivity index (χ1) is 11.4. The standard InChI is InChI=1S/C18H34O.CH4O3S/c1-2-3-4-5-6-7-8-9-10-11-12-13-14-15-16-17-18-19;1-5(2,3)4/h6-7,9-10,19H,2-5,8,11-18H2,1H3;1H3,(H,2,3,4). The van der Waals surface area contributed by atoms with E-state index in [0.29, 0.717) is 12.9 Å². The third-order valence-electron chi connectivity index (χ3n) is 3.36. The molecule has 0 aliphatic rings. The van der Waals surface area contributed by atoms with E-state index in [9.17, 15) is 8.42 Å². The van der Waals surface area contributed by atoms with Gasteiger partial charge in [0, 0.05) is 6.61 Å². The van der Waals surface area contributed by atoms with Crippen LogP contribution >= 0.6 is 0 Å². The van der Waals surface area contributed by atoms with Crippen molar-refractivity contribution in [2.45, 2.75) is 84.0 Å². The van der Waals surface area contributed by atoms with E-state index in [1.807, 2.05) is 0 Å². The molecule has 144 valence electrons. The van der Waals surface area contributed by atoms with Gasteiger partial charge in [0.1, 0.15) is 0 Å². The van der Waals surface area contributed by atoms with Crippen LogP contribution in [-0.2, 0) is 10.1 Å². The molecule has 0 atom stereocenters. The number of unbranched alkanes of at least 4 members (excludes halogenated alkanes) is 9. The molecule has 2 N–H and O–H groups in total. The molecule has 0 aliphatic heterocycles. The smallest absolute Gasteiger partial charge is 0.261 e. The molecule has 0 amide bonds. The molecule has 0 heterocycles. The molecule has 0 saturated heterocycles. The molecule has 0 aromatic carbocycles. The van der Waals surface area contributed by atoms with Crippen LogP contribution in [-0.4, -0.2) is 30.9 Å². The zero-order valence-electron chi connectivity index (χ0n) is 15.6. The Morgan fingerprint density at radius 1 is 0.750 bits per heavy atom. The first-order valence-electron chi connectivity index (χ1n) is 9.25. The summed E-state index contributed by atoms with van der Waals surface area (Å²) in [5.41, 5.74) is 0. The second-order valence-corrected chi connectivity index (χ2v) is 7.51. The first-order valence-corrected chi connectivity index (χ1v) is 11.1. The summed E-state index contributed by atoms with van der Waals surface area (Å²) < 4.78 is 25.9. The molecule has 24 heavy (non-hydrogen) atoms. The van der Waals surface area contributed by atoms with E-state index >= 15 is 0 Å². The summed E-state index contributed by atoms with van der Waals surface area (Å²) in [6.07, 6.45) is 25.0. The average molecular weight is 363 g/mol. The second kappa shape index (κ2) is 20.4. The summed E-state index contributed by atoms with van der Waals surface area (Å²) >= 11 is 0. The van der Waals surface area contributed by atoms with E-state index in [4.69, 9.17) is 9.66 Å². The first kappa shape index (κ1) is 25.6. The summed E-state index contributed by atoms with van der Waals surface area (Å²) in [5.74, 6) is 0. The van der Waals surface area contributed by atoms with E-state index in [1.54, 1.807) is 0 Å². The van der Waals surface area contributed by atoms with E-state index in [0.717, 1.165) is 12.8 Å². The number of hydrogen-bond donors (Lipinski definition) is 2. The van der Waals surface area contributed by atoms with Crippen molar-refractivity contribution in [1.82, 2.24) is 0 Å². The van der Waals surface area contributed by atoms with Crippen molar-refractivity contribution in [3.8, 4) is 0 Å². The Morgan fingerprint density at radius 3 is 1.62 bits per heavy atom. The minimum atomic E-state index is -3.67. The Morgan fingerprint density at radius 2 is 1.17 bits per heavy atom. The van der Waals surface area contributed by atoms with Gasteiger partial charge in [-0.05, 0) is 38.5 Å². The average Bonchev–Trinajstić information content (AvgIpc) is 2.49. The van der Waals surface area contributed by atoms with Crippen molar-refractivity contribution in [1.29, 1.82) is 0 Å². The number of aliphatic hydroxyl groups excluding tert-OH is 1. The molecular weight excluding hydrogens is 324 g/mol. The lowest BCUT2D eigenvalue weighted by atomic mass is 10.1. The predicted molar refractivity (Wildman–Crippen MR) is 104 cm³/mol. The van der Waals surface area contributed by atoms with Gasteiger partial charge >= 0.3 is 0 Å². The zero-order chi connectivity index (χ0) is 18.5. The van der Waals surface area contributed by atoms with E-state index in [-0.39, 0.29) is 0 Å². The van der Waals surface area contributed by atoms with Crippen LogP contribution in [0.1, 0.15) is 84.0 Å². The van der Waals surface area contributed by atoms with Gasteiger partial charge in [-0.3, -0.25) is 4.55 Å². The van der Waals surface area contributed by atoms with Gasteiger partial charge in [-0.1, -0.05) is 69.8 Å². The lowest BCUT2D eigenvalue weighted by molar-refractivity contribution is 0.282. The second-order valence-electron chi connectivity index (χ2n) is 6.04. The maximum Gasteiger partial charge on any atom is 0.261 e. The molecule has 0 unspecified atom stereocenters. The summed E-state index contributed by atoms with van der Waals surface area (Å²) in [5, 5.41) is 8.66. The fourth-order valence-corrected chi connectivity index (χ4v) is 2.10. The maximum atomic E-state index is 9.19. The molecule has 0 aromatic heterocycles. The maximum absolute atomic E-state index is 9.19. The molecule has 0 radical (unpaired) electrons. The Hall–Kier alpha value is -0.650. The number of aliphatic hydroxyl groups is 1. The molecule has 0 spiro atoms. The van der Waals surface area contributed by atoms with E-state index < -0.39 is 10.1 Å². The number of rotatable bonds is 14. The third kappa shape index (κ3) is 37.5. The monoisotopic (exact) mass is 362 g/mol. The molecule has 0 fully saturated rings. The normalized spacial score (nSPS) is 11.8. The van der Waals surface area contributed by atoms with Crippen molar-refractivity contribution < 1.29 is 18.1 Å². The Labute approximate surface area is 149 Å². The molecular formula is C19H38O4S. The van der Waals surface area contributed by atoms with Crippen molar-refractivity contribution in [2.75, 3.05) is 12.9 Å². The van der Waals surface area contributed by atoms with Gasteiger partial charge in [0.2, 0.25) is 0 Å². The fourth-order valence-electron chi connectivity index (χ4n) is 2.10. The quantitative estimate of drug-likeness (QED) is 0.250. The van der Waals surface area contributed by atoms with E-state index in [1.165, 1.54) is 64.2 Å². The van der Waals surface area contributed by atoms with Gasteiger partial charge in [-0.2, -0.15) is 8.42 Å². The van der Waals surface area contributed by atoms with Crippen LogP contribution in [0.2, 0.25) is 0 Å². The Kier molecular flexibility index (Phi) is 21.7. The molecule has 5 heteroatoms. The zero-order valence-corrected chi connectivity index (χ0v) is 16.4. The Bertz CT molecular complexity index is 378. The lowest BCUT2D eigenvalue weighted by Gasteiger charge is -1.98. The van der Waals surface area contributed by atoms with Crippen LogP contribution in [0.15, 0.2) is 24.3 Å². The van der Waals surface area contributed by atoms with Crippen molar-refractivity contribution >= 4 is 10.1 Å². The van der Waals surface area contributed by atoms with Gasteiger partial charge in [-0.25, -0.2) is 0 Å². The summed E-state index contributed by atoms with van der Waals surface area (Å²) in [7, 11) is -3.67. The van der Waals surface area contributed by atoms with Gasteiger partial charge in [0.15, 0.2) is 0 Å². The fraction of sp³-hybridized carbons (Fsp3) is 0.789. The van der Waals surface area contributed by atoms with E-state index in [2.05, 4.69) is 31.2 Å². The summed E-state index contributed by atoms with van der Waals surface area (Å²) in [4.78, 5) is 0. The topological polar surface area (TPSA) is 74.6 Å². The Balaban J connectivity index is 0. The molecule has 0 aliphatic carbocycles. The van der Waals surface area contributed by atoms with Gasteiger partial charge in [0.25, 0.3) is 10.1 Å². The van der Waals surface area contributed by atoms with Crippen LogP contribution < -0.4 is 0 Å². The number of allylic oxidation sites excluding steroid dienone is 4. The molecule has 0 bridgehead atoms. The van der Waals surface area contributed by atoms with Crippen LogP contribution in [0.25, 0.3) is 0 Å². The summed E-state index contributed by atoms with van der Waals surface area (Å²) in [6.45, 7) is 2.60. The molecule has 0 rings (SSSR count). The number of hydrogen-bond acceptors (Lipinski definition) is 3. The van der Waals surface area contributed by atoms with Gasteiger partial charge in [0.05, 0.1) is 6.26 Å². The highest BCUT2D eigenvalue weighted by Gasteiger charge is 1.89. The van der Waals surface area contributed by atoms with Gasteiger partial charge in [-0.15, -0.1) is 0 Å². The third-order valence-corrected chi connectivity index (χ3v) is 3.36. The molecule has 0 aromatic rings. The van der Waals surface area contributed by atoms with Crippen LogP contribution in [0.4, 0.5) is 0 Å². The summed E-state index contributed by atoms with van der Waals surface area (Å²) in [6, 6.07) is 0. The minimum absolute atomic E-state index is 0.356. The lowest BCUT2D eigenvalue weighted by Crippen LogP contribution is -1.88.